The molecule has 1 aromatic carbocycles. The SMILES string of the molecule is CC(=O)NCCSc1nnc(Nc2cccc(F)c2)s1. The first-order chi connectivity index (χ1) is 9.63. The smallest absolute Gasteiger partial charge is 0.216 e. The molecule has 8 heteroatoms. The van der Waals surface area contributed by atoms with Crippen LogP contribution in [0, 0.1) is 5.82 Å². The maximum absolute atomic E-state index is 13.0. The van der Waals surface area contributed by atoms with E-state index in [0.717, 1.165) is 10.1 Å². The first-order valence-corrected chi connectivity index (χ1v) is 7.67. The van der Waals surface area contributed by atoms with E-state index >= 15 is 0 Å². The van der Waals surface area contributed by atoms with Crippen molar-refractivity contribution in [1.82, 2.24) is 15.5 Å². The lowest BCUT2D eigenvalue weighted by Gasteiger charge is -2.00. The Morgan fingerprint density at radius 1 is 1.45 bits per heavy atom. The highest BCUT2D eigenvalue weighted by molar-refractivity contribution is 8.01. The van der Waals surface area contributed by atoms with Crippen LogP contribution in [0.15, 0.2) is 28.6 Å². The number of nitrogens with one attached hydrogen (secondary N) is 2. The maximum atomic E-state index is 13.0. The summed E-state index contributed by atoms with van der Waals surface area (Å²) in [6.45, 7) is 2.07. The second-order valence-corrected chi connectivity index (χ2v) is 6.16. The molecule has 20 heavy (non-hydrogen) atoms. The van der Waals surface area contributed by atoms with Crippen LogP contribution in [-0.4, -0.2) is 28.4 Å². The Morgan fingerprint density at radius 3 is 3.05 bits per heavy atom. The molecule has 5 nitrogen and oxygen atoms in total. The van der Waals surface area contributed by atoms with Crippen molar-refractivity contribution in [3.8, 4) is 0 Å². The summed E-state index contributed by atoms with van der Waals surface area (Å²) in [6, 6.07) is 6.16. The van der Waals surface area contributed by atoms with E-state index < -0.39 is 0 Å². The summed E-state index contributed by atoms with van der Waals surface area (Å²) in [4.78, 5) is 10.7. The summed E-state index contributed by atoms with van der Waals surface area (Å²) >= 11 is 2.90. The highest BCUT2D eigenvalue weighted by Gasteiger charge is 2.05. The first-order valence-electron chi connectivity index (χ1n) is 5.87. The van der Waals surface area contributed by atoms with Gasteiger partial charge >= 0.3 is 0 Å². The van der Waals surface area contributed by atoms with Gasteiger partial charge in [-0.3, -0.25) is 4.79 Å². The standard InChI is InChI=1S/C12H13FN4OS2/c1-8(18)14-5-6-19-12-17-16-11(20-12)15-10-4-2-3-9(13)7-10/h2-4,7H,5-6H2,1H3,(H,14,18)(H,15,16). The van der Waals surface area contributed by atoms with Crippen LogP contribution in [-0.2, 0) is 4.79 Å². The minimum atomic E-state index is -0.301. The predicted molar refractivity (Wildman–Crippen MR) is 79.0 cm³/mol. The number of thioether (sulfide) groups is 1. The number of halogens is 1. The Labute approximate surface area is 124 Å². The Hall–Kier alpha value is -1.67. The molecule has 2 rings (SSSR count). The number of benzene rings is 1. The zero-order valence-corrected chi connectivity index (χ0v) is 12.4. The number of carbonyl (C=O) groups excluding carboxylic acids is 1. The molecule has 1 heterocycles. The quantitative estimate of drug-likeness (QED) is 0.634. The van der Waals surface area contributed by atoms with Gasteiger partial charge in [0, 0.05) is 24.9 Å². The molecule has 1 amide bonds. The van der Waals surface area contributed by atoms with Crippen LogP contribution in [0.4, 0.5) is 15.2 Å². The molecule has 2 aromatic rings. The van der Waals surface area contributed by atoms with Crippen molar-refractivity contribution < 1.29 is 9.18 Å². The number of nitrogens with zero attached hydrogens (tertiary/aromatic N) is 2. The van der Waals surface area contributed by atoms with Gasteiger partial charge in [-0.15, -0.1) is 10.2 Å². The Morgan fingerprint density at radius 2 is 2.30 bits per heavy atom. The van der Waals surface area contributed by atoms with E-state index in [9.17, 15) is 9.18 Å². The lowest BCUT2D eigenvalue weighted by atomic mass is 10.3. The van der Waals surface area contributed by atoms with Crippen LogP contribution in [0.3, 0.4) is 0 Å². The monoisotopic (exact) mass is 312 g/mol. The molecule has 1 aromatic heterocycles. The third kappa shape index (κ3) is 4.78. The van der Waals surface area contributed by atoms with Crippen LogP contribution < -0.4 is 10.6 Å². The molecular weight excluding hydrogens is 299 g/mol. The van der Waals surface area contributed by atoms with Crippen LogP contribution in [0.5, 0.6) is 0 Å². The lowest BCUT2D eigenvalue weighted by molar-refractivity contribution is -0.118. The second kappa shape index (κ2) is 7.20. The first kappa shape index (κ1) is 14.7. The van der Waals surface area contributed by atoms with Gasteiger partial charge in [0.05, 0.1) is 0 Å². The van der Waals surface area contributed by atoms with Crippen LogP contribution >= 0.6 is 23.1 Å². The van der Waals surface area contributed by atoms with Gasteiger partial charge in [0.1, 0.15) is 5.82 Å². The van der Waals surface area contributed by atoms with Gasteiger partial charge in [-0.05, 0) is 18.2 Å². The third-order valence-corrected chi connectivity index (χ3v) is 4.16. The minimum absolute atomic E-state index is 0.0451. The lowest BCUT2D eigenvalue weighted by Crippen LogP contribution is -2.22. The number of rotatable bonds is 6. The summed E-state index contributed by atoms with van der Waals surface area (Å²) in [5.74, 6) is 0.384. The zero-order valence-electron chi connectivity index (χ0n) is 10.7. The van der Waals surface area contributed by atoms with E-state index in [1.165, 1.54) is 42.2 Å². The van der Waals surface area contributed by atoms with Gasteiger partial charge in [-0.1, -0.05) is 29.2 Å². The summed E-state index contributed by atoms with van der Waals surface area (Å²) < 4.78 is 13.8. The average Bonchev–Trinajstić information content (AvgIpc) is 2.82. The Kier molecular flexibility index (Phi) is 5.31. The average molecular weight is 312 g/mol. The highest BCUT2D eigenvalue weighted by atomic mass is 32.2. The molecule has 0 saturated carbocycles. The van der Waals surface area contributed by atoms with Gasteiger partial charge < -0.3 is 10.6 Å². The minimum Gasteiger partial charge on any atom is -0.356 e. The van der Waals surface area contributed by atoms with Gasteiger partial charge in [-0.25, -0.2) is 4.39 Å². The molecule has 2 N–H and O–H groups in total. The highest BCUT2D eigenvalue weighted by Crippen LogP contribution is 2.27. The molecule has 0 aliphatic carbocycles. The molecular formula is C12H13FN4OS2. The molecule has 0 fully saturated rings. The molecule has 0 aliphatic heterocycles. The number of anilines is 2. The second-order valence-electron chi connectivity index (χ2n) is 3.84. The predicted octanol–water partition coefficient (Wildman–Crippen LogP) is 2.65. The molecule has 0 spiro atoms. The molecule has 0 bridgehead atoms. The molecule has 0 atom stereocenters. The van der Waals surface area contributed by atoms with Gasteiger partial charge in [-0.2, -0.15) is 0 Å². The number of hydrogen-bond acceptors (Lipinski definition) is 6. The zero-order chi connectivity index (χ0) is 14.4. The van der Waals surface area contributed by atoms with Gasteiger partial charge in [0.15, 0.2) is 4.34 Å². The van der Waals surface area contributed by atoms with E-state index in [-0.39, 0.29) is 11.7 Å². The number of carbonyl (C=O) groups is 1. The number of amides is 1. The molecule has 0 saturated heterocycles. The van der Waals surface area contributed by atoms with E-state index in [4.69, 9.17) is 0 Å². The largest absolute Gasteiger partial charge is 0.356 e. The van der Waals surface area contributed by atoms with Crippen molar-refractivity contribution in [3.63, 3.8) is 0 Å². The molecule has 106 valence electrons. The van der Waals surface area contributed by atoms with E-state index in [1.54, 1.807) is 12.1 Å². The van der Waals surface area contributed by atoms with Crippen molar-refractivity contribution in [3.05, 3.63) is 30.1 Å². The van der Waals surface area contributed by atoms with Gasteiger partial charge in [0.25, 0.3) is 0 Å². The maximum Gasteiger partial charge on any atom is 0.216 e. The molecule has 0 unspecified atom stereocenters. The normalized spacial score (nSPS) is 10.3. The van der Waals surface area contributed by atoms with Crippen LogP contribution in [0.1, 0.15) is 6.92 Å². The van der Waals surface area contributed by atoms with Crippen LogP contribution in [0.2, 0.25) is 0 Å². The fraction of sp³-hybridized carbons (Fsp3) is 0.250. The summed E-state index contributed by atoms with van der Waals surface area (Å²) in [5.41, 5.74) is 0.635. The third-order valence-electron chi connectivity index (χ3n) is 2.18. The van der Waals surface area contributed by atoms with Crippen molar-refractivity contribution in [1.29, 1.82) is 0 Å². The van der Waals surface area contributed by atoms with Crippen LogP contribution in [0.25, 0.3) is 0 Å². The summed E-state index contributed by atoms with van der Waals surface area (Å²) in [6.07, 6.45) is 0. The van der Waals surface area contributed by atoms with E-state index in [1.807, 2.05) is 0 Å². The molecule has 0 radical (unpaired) electrons. The van der Waals surface area contributed by atoms with Gasteiger partial charge in [0.2, 0.25) is 11.0 Å². The Balaban J connectivity index is 1.84. The van der Waals surface area contributed by atoms with E-state index in [2.05, 4.69) is 20.8 Å². The fourth-order valence-corrected chi connectivity index (χ4v) is 3.07. The van der Waals surface area contributed by atoms with Crippen molar-refractivity contribution >= 4 is 39.8 Å². The van der Waals surface area contributed by atoms with Crippen molar-refractivity contribution in [2.45, 2.75) is 11.3 Å². The number of aromatic nitrogens is 2. The summed E-state index contributed by atoms with van der Waals surface area (Å²) in [5, 5.41) is 14.3. The van der Waals surface area contributed by atoms with Crippen molar-refractivity contribution in [2.24, 2.45) is 0 Å². The fourth-order valence-electron chi connectivity index (χ4n) is 1.37. The van der Waals surface area contributed by atoms with E-state index in [0.29, 0.717) is 17.4 Å². The molecule has 0 aliphatic rings. The topological polar surface area (TPSA) is 66.9 Å². The van der Waals surface area contributed by atoms with Crippen molar-refractivity contribution in [2.75, 3.05) is 17.6 Å². The Bertz CT molecular complexity index is 590. The number of hydrogen-bond donors (Lipinski definition) is 2. The summed E-state index contributed by atoms with van der Waals surface area (Å²) in [7, 11) is 0.